The minimum atomic E-state index is -0.792. The number of fused-ring (bicyclic) bond motifs is 1. The first-order valence-corrected chi connectivity index (χ1v) is 8.69. The number of benzene rings is 1. The lowest BCUT2D eigenvalue weighted by molar-refractivity contribution is -0.140. The lowest BCUT2D eigenvalue weighted by atomic mass is 10.0. The van der Waals surface area contributed by atoms with Crippen molar-refractivity contribution in [2.45, 2.75) is 46.7 Å². The summed E-state index contributed by atoms with van der Waals surface area (Å²) in [6, 6.07) is 1.64. The third-order valence-electron chi connectivity index (χ3n) is 4.11. The van der Waals surface area contributed by atoms with Crippen LogP contribution in [0.5, 0.6) is 0 Å². The van der Waals surface area contributed by atoms with Crippen LogP contribution in [-0.4, -0.2) is 33.4 Å². The van der Waals surface area contributed by atoms with E-state index in [1.807, 2.05) is 24.7 Å². The van der Waals surface area contributed by atoms with Crippen LogP contribution in [0.1, 0.15) is 31.4 Å². The van der Waals surface area contributed by atoms with E-state index in [2.05, 4.69) is 46.3 Å². The maximum atomic E-state index is 11.2. The molecule has 2 rings (SSSR count). The van der Waals surface area contributed by atoms with E-state index in [0.29, 0.717) is 6.54 Å². The van der Waals surface area contributed by atoms with Gasteiger partial charge in [0.25, 0.3) is 0 Å². The van der Waals surface area contributed by atoms with Gasteiger partial charge in [0.15, 0.2) is 0 Å². The number of hydrogen-bond acceptors (Lipinski definition) is 3. The molecule has 23 heavy (non-hydrogen) atoms. The summed E-state index contributed by atoms with van der Waals surface area (Å²) in [7, 11) is 0. The topological polar surface area (TPSA) is 67.2 Å². The number of rotatable bonds is 7. The molecule has 1 aromatic carbocycles. The van der Waals surface area contributed by atoms with E-state index in [4.69, 9.17) is 0 Å². The van der Waals surface area contributed by atoms with Crippen LogP contribution in [0.25, 0.3) is 10.9 Å². The van der Waals surface area contributed by atoms with Gasteiger partial charge in [-0.3, -0.25) is 9.48 Å². The monoisotopic (exact) mass is 381 g/mol. The van der Waals surface area contributed by atoms with Gasteiger partial charge in [-0.1, -0.05) is 29.8 Å². The highest BCUT2D eigenvalue weighted by Gasteiger charge is 2.20. The number of nitrogens with one attached hydrogen (secondary N) is 1. The average molecular weight is 382 g/mol. The summed E-state index contributed by atoms with van der Waals surface area (Å²) in [5.74, 6) is -0.723. The molecule has 0 radical (unpaired) electrons. The Morgan fingerprint density at radius 2 is 2.13 bits per heavy atom. The summed E-state index contributed by atoms with van der Waals surface area (Å²) in [5.41, 5.74) is 3.54. The van der Waals surface area contributed by atoms with Crippen LogP contribution in [0.4, 0.5) is 0 Å². The molecular weight excluding hydrogens is 358 g/mol. The first kappa shape index (κ1) is 17.9. The van der Waals surface area contributed by atoms with Crippen LogP contribution >= 0.6 is 15.9 Å². The van der Waals surface area contributed by atoms with Gasteiger partial charge in [0.05, 0.1) is 11.7 Å². The second-order valence-corrected chi connectivity index (χ2v) is 7.10. The molecular formula is C17H24BrN3O2. The molecule has 1 heterocycles. The molecule has 1 unspecified atom stereocenters. The second kappa shape index (κ2) is 7.45. The van der Waals surface area contributed by atoms with Crippen LogP contribution < -0.4 is 5.32 Å². The molecule has 1 atom stereocenters. The van der Waals surface area contributed by atoms with Crippen LogP contribution in [-0.2, 0) is 11.3 Å². The number of aliphatic carboxylic acids is 1. The third-order valence-corrected chi connectivity index (χ3v) is 5.33. The molecule has 126 valence electrons. The van der Waals surface area contributed by atoms with E-state index in [1.54, 1.807) is 0 Å². The van der Waals surface area contributed by atoms with E-state index in [-0.39, 0.29) is 5.92 Å². The fourth-order valence-electron chi connectivity index (χ4n) is 2.88. The molecule has 0 saturated heterocycles. The molecule has 0 amide bonds. The van der Waals surface area contributed by atoms with E-state index in [0.717, 1.165) is 28.3 Å². The number of aryl methyl sites for hydroxylation is 3. The fourth-order valence-corrected chi connectivity index (χ4v) is 3.18. The van der Waals surface area contributed by atoms with Crippen molar-refractivity contribution >= 4 is 32.8 Å². The standard InChI is InChI=1S/C17H24BrN3O2/c1-10(2)15(17(22)23)19-6-5-7-21-16-12(4)14(18)11(3)8-13(16)9-20-21/h8-10,15,19H,5-7H2,1-4H3,(H,22,23). The van der Waals surface area contributed by atoms with Crippen molar-refractivity contribution < 1.29 is 9.90 Å². The molecule has 1 aromatic heterocycles. The van der Waals surface area contributed by atoms with Crippen molar-refractivity contribution in [1.29, 1.82) is 0 Å². The Balaban J connectivity index is 2.03. The van der Waals surface area contributed by atoms with Gasteiger partial charge in [-0.15, -0.1) is 0 Å². The summed E-state index contributed by atoms with van der Waals surface area (Å²) in [5, 5.41) is 17.9. The molecule has 0 spiro atoms. The Labute approximate surface area is 145 Å². The lowest BCUT2D eigenvalue weighted by Gasteiger charge is -2.18. The van der Waals surface area contributed by atoms with Crippen molar-refractivity contribution in [3.63, 3.8) is 0 Å². The number of hydrogen-bond donors (Lipinski definition) is 2. The third kappa shape index (κ3) is 3.93. The highest BCUT2D eigenvalue weighted by atomic mass is 79.9. The number of nitrogens with zero attached hydrogens (tertiary/aromatic N) is 2. The Hall–Kier alpha value is -1.40. The van der Waals surface area contributed by atoms with Crippen LogP contribution in [0.2, 0.25) is 0 Å². The maximum Gasteiger partial charge on any atom is 0.320 e. The number of carboxylic acid groups (broad SMARTS) is 1. The first-order chi connectivity index (χ1) is 10.8. The predicted molar refractivity (Wildman–Crippen MR) is 95.8 cm³/mol. The molecule has 2 N–H and O–H groups in total. The molecule has 5 nitrogen and oxygen atoms in total. The molecule has 0 aliphatic rings. The summed E-state index contributed by atoms with van der Waals surface area (Å²) in [4.78, 5) is 11.2. The van der Waals surface area contributed by atoms with Crippen molar-refractivity contribution in [2.24, 2.45) is 5.92 Å². The summed E-state index contributed by atoms with van der Waals surface area (Å²) in [6.07, 6.45) is 2.72. The van der Waals surface area contributed by atoms with Crippen molar-refractivity contribution in [3.8, 4) is 0 Å². The summed E-state index contributed by atoms with van der Waals surface area (Å²) >= 11 is 3.63. The molecule has 6 heteroatoms. The van der Waals surface area contributed by atoms with Crippen LogP contribution in [0, 0.1) is 19.8 Å². The normalized spacial score (nSPS) is 13.0. The van der Waals surface area contributed by atoms with E-state index in [1.165, 1.54) is 11.1 Å². The minimum absolute atomic E-state index is 0.0687. The van der Waals surface area contributed by atoms with Gasteiger partial charge in [0.2, 0.25) is 0 Å². The summed E-state index contributed by atoms with van der Waals surface area (Å²) < 4.78 is 3.12. The van der Waals surface area contributed by atoms with E-state index < -0.39 is 12.0 Å². The van der Waals surface area contributed by atoms with Gasteiger partial charge in [0.1, 0.15) is 6.04 Å². The highest BCUT2D eigenvalue weighted by Crippen LogP contribution is 2.29. The van der Waals surface area contributed by atoms with E-state index >= 15 is 0 Å². The number of carbonyl (C=O) groups is 1. The first-order valence-electron chi connectivity index (χ1n) is 7.90. The average Bonchev–Trinajstić information content (AvgIpc) is 2.86. The zero-order valence-electron chi connectivity index (χ0n) is 14.1. The zero-order valence-corrected chi connectivity index (χ0v) is 15.6. The largest absolute Gasteiger partial charge is 0.480 e. The SMILES string of the molecule is Cc1cc2cnn(CCCNC(C(=O)O)C(C)C)c2c(C)c1Br. The molecule has 0 aliphatic carbocycles. The van der Waals surface area contributed by atoms with Crippen molar-refractivity contribution in [3.05, 3.63) is 27.9 Å². The maximum absolute atomic E-state index is 11.2. The molecule has 0 saturated carbocycles. The van der Waals surface area contributed by atoms with Gasteiger partial charge in [0, 0.05) is 16.4 Å². The van der Waals surface area contributed by atoms with Gasteiger partial charge in [-0.05, 0) is 49.9 Å². The molecule has 0 bridgehead atoms. The van der Waals surface area contributed by atoms with Gasteiger partial charge in [-0.2, -0.15) is 5.10 Å². The Morgan fingerprint density at radius 3 is 2.74 bits per heavy atom. The van der Waals surface area contributed by atoms with Crippen molar-refractivity contribution in [2.75, 3.05) is 6.54 Å². The second-order valence-electron chi connectivity index (χ2n) is 6.31. The van der Waals surface area contributed by atoms with Crippen molar-refractivity contribution in [1.82, 2.24) is 15.1 Å². The Kier molecular flexibility index (Phi) is 5.81. The summed E-state index contributed by atoms with van der Waals surface area (Å²) in [6.45, 7) is 9.41. The van der Waals surface area contributed by atoms with Crippen LogP contribution in [0.15, 0.2) is 16.7 Å². The highest BCUT2D eigenvalue weighted by molar-refractivity contribution is 9.10. The Bertz CT molecular complexity index is 709. The minimum Gasteiger partial charge on any atom is -0.480 e. The van der Waals surface area contributed by atoms with Gasteiger partial charge < -0.3 is 10.4 Å². The van der Waals surface area contributed by atoms with Crippen LogP contribution in [0.3, 0.4) is 0 Å². The number of halogens is 1. The zero-order chi connectivity index (χ0) is 17.1. The molecule has 0 fully saturated rings. The lowest BCUT2D eigenvalue weighted by Crippen LogP contribution is -2.41. The molecule has 2 aromatic rings. The predicted octanol–water partition coefficient (Wildman–Crippen LogP) is 3.50. The van der Waals surface area contributed by atoms with Gasteiger partial charge >= 0.3 is 5.97 Å². The number of aromatic nitrogens is 2. The smallest absolute Gasteiger partial charge is 0.320 e. The number of carboxylic acids is 1. The quantitative estimate of drug-likeness (QED) is 0.720. The molecule has 0 aliphatic heterocycles. The van der Waals surface area contributed by atoms with Gasteiger partial charge in [-0.25, -0.2) is 0 Å². The Morgan fingerprint density at radius 1 is 1.43 bits per heavy atom. The fraction of sp³-hybridized carbons (Fsp3) is 0.529. The van der Waals surface area contributed by atoms with E-state index in [9.17, 15) is 9.90 Å².